The van der Waals surface area contributed by atoms with Gasteiger partial charge in [0.1, 0.15) is 11.6 Å². The summed E-state index contributed by atoms with van der Waals surface area (Å²) in [6, 6.07) is 13.0. The molecule has 1 saturated heterocycles. The number of carbonyl (C=O) groups excluding carboxylic acids is 2. The van der Waals surface area contributed by atoms with Crippen LogP contribution in [0.4, 0.5) is 4.39 Å². The number of rotatable bonds is 7. The van der Waals surface area contributed by atoms with Gasteiger partial charge in [-0.3, -0.25) is 9.59 Å². The van der Waals surface area contributed by atoms with E-state index in [4.69, 9.17) is 4.74 Å². The molecule has 0 aromatic heterocycles. The minimum absolute atomic E-state index is 0.0224. The summed E-state index contributed by atoms with van der Waals surface area (Å²) < 4.78 is 18.9. The second-order valence-corrected chi connectivity index (χ2v) is 6.97. The van der Waals surface area contributed by atoms with Crippen molar-refractivity contribution in [1.82, 2.24) is 15.1 Å². The molecule has 1 aliphatic rings. The minimum Gasteiger partial charge on any atom is -0.497 e. The van der Waals surface area contributed by atoms with Crippen LogP contribution in [0.3, 0.4) is 0 Å². The summed E-state index contributed by atoms with van der Waals surface area (Å²) in [6.45, 7) is 3.47. The molecule has 1 heterocycles. The number of ether oxygens (including phenoxy) is 1. The van der Waals surface area contributed by atoms with Gasteiger partial charge in [0.15, 0.2) is 0 Å². The van der Waals surface area contributed by atoms with E-state index in [9.17, 15) is 14.0 Å². The molecule has 7 heteroatoms. The molecule has 154 valence electrons. The summed E-state index contributed by atoms with van der Waals surface area (Å²) in [6.07, 6.45) is 0.227. The molecule has 1 aliphatic heterocycles. The van der Waals surface area contributed by atoms with E-state index in [2.05, 4.69) is 5.32 Å². The second-order valence-electron chi connectivity index (χ2n) is 6.97. The van der Waals surface area contributed by atoms with Gasteiger partial charge in [0, 0.05) is 51.3 Å². The van der Waals surface area contributed by atoms with Crippen molar-refractivity contribution in [2.45, 2.75) is 13.0 Å². The summed E-state index contributed by atoms with van der Waals surface area (Å²) >= 11 is 0. The molecule has 0 unspecified atom stereocenters. The highest BCUT2D eigenvalue weighted by Crippen LogP contribution is 2.17. The van der Waals surface area contributed by atoms with Crippen LogP contribution in [-0.4, -0.2) is 61.4 Å². The zero-order valence-corrected chi connectivity index (χ0v) is 16.6. The Balaban J connectivity index is 1.74. The lowest BCUT2D eigenvalue weighted by Gasteiger charge is -2.29. The second kappa shape index (κ2) is 10.0. The molecule has 0 spiro atoms. The molecule has 0 radical (unpaired) electrons. The van der Waals surface area contributed by atoms with E-state index >= 15 is 0 Å². The van der Waals surface area contributed by atoms with Crippen molar-refractivity contribution < 1.29 is 18.7 Å². The maximum absolute atomic E-state index is 13.6. The average Bonchev–Trinajstić information content (AvgIpc) is 2.76. The number of carbonyl (C=O) groups is 2. The predicted molar refractivity (Wildman–Crippen MR) is 108 cm³/mol. The molecule has 0 aliphatic carbocycles. The number of piperazine rings is 1. The van der Waals surface area contributed by atoms with Gasteiger partial charge in [0.2, 0.25) is 5.91 Å². The topological polar surface area (TPSA) is 61.9 Å². The number of hydrogen-bond acceptors (Lipinski definition) is 4. The Kier molecular flexibility index (Phi) is 7.19. The van der Waals surface area contributed by atoms with Gasteiger partial charge in [-0.1, -0.05) is 18.2 Å². The van der Waals surface area contributed by atoms with Gasteiger partial charge in [-0.2, -0.15) is 0 Å². The van der Waals surface area contributed by atoms with E-state index in [0.29, 0.717) is 25.4 Å². The van der Waals surface area contributed by atoms with Gasteiger partial charge < -0.3 is 19.9 Å². The molecular weight excluding hydrogens is 373 g/mol. The van der Waals surface area contributed by atoms with Crippen LogP contribution in [0.15, 0.2) is 48.5 Å². The highest BCUT2D eigenvalue weighted by Gasteiger charge is 2.21. The van der Waals surface area contributed by atoms with E-state index in [-0.39, 0.29) is 30.3 Å². The van der Waals surface area contributed by atoms with Crippen molar-refractivity contribution in [3.63, 3.8) is 0 Å². The number of nitrogens with one attached hydrogen (secondary N) is 1. The molecule has 2 amide bonds. The fourth-order valence-electron chi connectivity index (χ4n) is 3.35. The van der Waals surface area contributed by atoms with Gasteiger partial charge in [0.25, 0.3) is 5.91 Å². The van der Waals surface area contributed by atoms with Crippen LogP contribution in [0.25, 0.3) is 0 Å². The summed E-state index contributed by atoms with van der Waals surface area (Å²) in [5.41, 5.74) is 1.14. The van der Waals surface area contributed by atoms with Crippen molar-refractivity contribution in [3.8, 4) is 5.75 Å². The van der Waals surface area contributed by atoms with Crippen LogP contribution in [-0.2, 0) is 11.3 Å². The highest BCUT2D eigenvalue weighted by molar-refractivity contribution is 5.94. The highest BCUT2D eigenvalue weighted by atomic mass is 19.1. The van der Waals surface area contributed by atoms with Crippen molar-refractivity contribution in [2.24, 2.45) is 0 Å². The first-order valence-corrected chi connectivity index (χ1v) is 9.73. The molecule has 0 saturated carbocycles. The van der Waals surface area contributed by atoms with Crippen LogP contribution >= 0.6 is 0 Å². The van der Waals surface area contributed by atoms with Gasteiger partial charge in [0.05, 0.1) is 7.11 Å². The van der Waals surface area contributed by atoms with Crippen LogP contribution in [0.2, 0.25) is 0 Å². The van der Waals surface area contributed by atoms with Crippen molar-refractivity contribution >= 4 is 11.8 Å². The summed E-state index contributed by atoms with van der Waals surface area (Å²) in [7, 11) is 1.58. The number of nitrogens with zero attached hydrogens (tertiary/aromatic N) is 2. The lowest BCUT2D eigenvalue weighted by atomic mass is 10.1. The molecule has 3 rings (SSSR count). The Labute approximate surface area is 170 Å². The molecule has 0 bridgehead atoms. The first-order valence-electron chi connectivity index (χ1n) is 9.73. The molecule has 0 atom stereocenters. The normalized spacial score (nSPS) is 13.8. The van der Waals surface area contributed by atoms with Crippen LogP contribution in [0.1, 0.15) is 22.3 Å². The lowest BCUT2D eigenvalue weighted by Crippen LogP contribution is -2.47. The molecule has 1 N–H and O–H groups in total. The largest absolute Gasteiger partial charge is 0.497 e. The summed E-state index contributed by atoms with van der Waals surface area (Å²) in [4.78, 5) is 29.0. The fourth-order valence-corrected chi connectivity index (χ4v) is 3.35. The maximum atomic E-state index is 13.6. The Morgan fingerprint density at radius 2 is 1.90 bits per heavy atom. The van der Waals surface area contributed by atoms with E-state index in [1.165, 1.54) is 18.2 Å². The Morgan fingerprint density at radius 3 is 2.62 bits per heavy atom. The molecule has 29 heavy (non-hydrogen) atoms. The molecule has 1 fully saturated rings. The van der Waals surface area contributed by atoms with Crippen molar-refractivity contribution in [3.05, 3.63) is 65.5 Å². The van der Waals surface area contributed by atoms with E-state index in [1.54, 1.807) is 18.1 Å². The lowest BCUT2D eigenvalue weighted by molar-refractivity contribution is -0.132. The van der Waals surface area contributed by atoms with Crippen LogP contribution in [0, 0.1) is 5.82 Å². The third kappa shape index (κ3) is 5.77. The third-order valence-electron chi connectivity index (χ3n) is 4.93. The van der Waals surface area contributed by atoms with Gasteiger partial charge >= 0.3 is 0 Å². The van der Waals surface area contributed by atoms with Gasteiger partial charge in [-0.25, -0.2) is 4.39 Å². The molecule has 2 aromatic rings. The average molecular weight is 399 g/mol. The quantitative estimate of drug-likeness (QED) is 0.776. The number of hydrogen-bond donors (Lipinski definition) is 1. The number of methoxy groups -OCH3 is 1. The Bertz CT molecular complexity index is 853. The minimum atomic E-state index is -0.464. The summed E-state index contributed by atoms with van der Waals surface area (Å²) in [5, 5.41) is 3.22. The SMILES string of the molecule is COc1cccc(CN(CCC(=O)N2CCNCC2)C(=O)c2cccc(F)c2)c1. The maximum Gasteiger partial charge on any atom is 0.254 e. The first kappa shape index (κ1) is 20.8. The zero-order valence-electron chi connectivity index (χ0n) is 16.6. The number of amides is 2. The molecular formula is C22H26FN3O3. The molecule has 6 nitrogen and oxygen atoms in total. The predicted octanol–water partition coefficient (Wildman–Crippen LogP) is 2.30. The van der Waals surface area contributed by atoms with E-state index in [1.807, 2.05) is 29.2 Å². The standard InChI is InChI=1S/C22H26FN3O3/c1-29-20-7-2-4-17(14-20)16-26(22(28)18-5-3-6-19(23)15-18)11-8-21(27)25-12-9-24-10-13-25/h2-7,14-15,24H,8-13,16H2,1H3. The molecule has 2 aromatic carbocycles. The van der Waals surface area contributed by atoms with Crippen LogP contribution in [0.5, 0.6) is 5.75 Å². The van der Waals surface area contributed by atoms with Crippen LogP contribution < -0.4 is 10.1 Å². The fraction of sp³-hybridized carbons (Fsp3) is 0.364. The first-order chi connectivity index (χ1) is 14.1. The monoisotopic (exact) mass is 399 g/mol. The Hall–Kier alpha value is -2.93. The zero-order chi connectivity index (χ0) is 20.6. The third-order valence-corrected chi connectivity index (χ3v) is 4.93. The summed E-state index contributed by atoms with van der Waals surface area (Å²) in [5.74, 6) is -0.0544. The number of benzene rings is 2. The van der Waals surface area contributed by atoms with Crippen molar-refractivity contribution in [2.75, 3.05) is 39.8 Å². The number of halogens is 1. The van der Waals surface area contributed by atoms with E-state index in [0.717, 1.165) is 18.7 Å². The van der Waals surface area contributed by atoms with Crippen molar-refractivity contribution in [1.29, 1.82) is 0 Å². The Morgan fingerprint density at radius 1 is 1.14 bits per heavy atom. The van der Waals surface area contributed by atoms with Gasteiger partial charge in [-0.05, 0) is 35.9 Å². The smallest absolute Gasteiger partial charge is 0.254 e. The van der Waals surface area contributed by atoms with Gasteiger partial charge in [-0.15, -0.1) is 0 Å². The van der Waals surface area contributed by atoms with E-state index < -0.39 is 5.82 Å².